The molecule has 0 spiro atoms. The van der Waals surface area contributed by atoms with Crippen molar-refractivity contribution in [3.63, 3.8) is 0 Å². The van der Waals surface area contributed by atoms with Gasteiger partial charge in [0.1, 0.15) is 0 Å². The van der Waals surface area contributed by atoms with Gasteiger partial charge in [-0.05, 0) is 115 Å². The smallest absolute Gasteiger partial charge is 0.311 e. The van der Waals surface area contributed by atoms with Crippen LogP contribution in [0.1, 0.15) is 235 Å². The Bertz CT molecular complexity index is 1060. The molecule has 0 aromatic rings. The molecule has 4 atom stereocenters. The van der Waals surface area contributed by atoms with Crippen molar-refractivity contribution < 1.29 is 29.0 Å². The normalized spacial score (nSPS) is 21.2. The molecule has 2 aliphatic rings. The lowest BCUT2D eigenvalue weighted by Crippen LogP contribution is -2.40. The first-order chi connectivity index (χ1) is 26.9. The minimum absolute atomic E-state index is 0.0974. The highest BCUT2D eigenvalue weighted by molar-refractivity contribution is 5.77. The van der Waals surface area contributed by atoms with Crippen LogP contribution in [0, 0.1) is 28.6 Å². The Balaban J connectivity index is 2.06. The number of aliphatic hydroxyl groups is 1. The molecule has 0 bridgehead atoms. The summed E-state index contributed by atoms with van der Waals surface area (Å²) in [6.45, 7) is 16.8. The molecule has 1 saturated carbocycles. The van der Waals surface area contributed by atoms with Crippen LogP contribution >= 0.6 is 0 Å². The minimum atomic E-state index is -0.638. The molecule has 4 unspecified atom stereocenters. The van der Waals surface area contributed by atoms with Crippen molar-refractivity contribution in [1.29, 1.82) is 0 Å². The molecule has 56 heavy (non-hydrogen) atoms. The molecule has 0 aromatic heterocycles. The Morgan fingerprint density at radius 1 is 0.696 bits per heavy atom. The highest BCUT2D eigenvalue weighted by atomic mass is 16.5. The molecular weight excluding hydrogens is 699 g/mol. The molecule has 2 fully saturated rings. The fraction of sp³-hybridized carbons (Fsp3) is 0.939. The number of hydrogen-bond acceptors (Lipinski definition) is 6. The number of unbranched alkanes of at least 4 members (excludes halogenated alkanes) is 9. The Kier molecular flexibility index (Phi) is 25.9. The van der Waals surface area contributed by atoms with Gasteiger partial charge in [0.05, 0.1) is 30.1 Å². The van der Waals surface area contributed by atoms with E-state index in [1.807, 2.05) is 0 Å². The number of ether oxygens (including phenoxy) is 2. The maximum Gasteiger partial charge on any atom is 0.311 e. The van der Waals surface area contributed by atoms with E-state index in [2.05, 4.69) is 53.4 Å². The summed E-state index contributed by atoms with van der Waals surface area (Å²) in [5, 5.41) is 10.1. The lowest BCUT2D eigenvalue weighted by Gasteiger charge is -2.34. The first-order valence-electron chi connectivity index (χ1n) is 24.2. The standard InChI is InChI=1S/C49H91NO6/c1-8-11-12-13-14-15-16-17-18-22-38-55-46(53)48(6,34-24-27-43(10-3)50-37-21-19-20-28-45(50)52)35-25-36-49(7,47(54)56-39-40(4)5)33-23-26-41(9-2)42-29-31-44(51)32-30-42/h40-44,51H,8-39H2,1-7H3. The summed E-state index contributed by atoms with van der Waals surface area (Å²) in [6.07, 6.45) is 29.8. The topological polar surface area (TPSA) is 93.1 Å². The molecule has 0 aromatic carbocycles. The van der Waals surface area contributed by atoms with Gasteiger partial charge in [0.2, 0.25) is 5.91 Å². The van der Waals surface area contributed by atoms with E-state index >= 15 is 0 Å². The van der Waals surface area contributed by atoms with E-state index in [0.717, 1.165) is 122 Å². The lowest BCUT2D eigenvalue weighted by molar-refractivity contribution is -0.158. The van der Waals surface area contributed by atoms with Crippen molar-refractivity contribution in [1.82, 2.24) is 4.90 Å². The highest BCUT2D eigenvalue weighted by Crippen LogP contribution is 2.40. The van der Waals surface area contributed by atoms with Crippen molar-refractivity contribution in [2.75, 3.05) is 19.8 Å². The zero-order valence-corrected chi connectivity index (χ0v) is 37.9. The minimum Gasteiger partial charge on any atom is -0.465 e. The van der Waals surface area contributed by atoms with Gasteiger partial charge in [-0.3, -0.25) is 14.4 Å². The number of hydrogen-bond donors (Lipinski definition) is 1. The predicted molar refractivity (Wildman–Crippen MR) is 232 cm³/mol. The molecule has 0 radical (unpaired) electrons. The fourth-order valence-electron chi connectivity index (χ4n) is 9.67. The maximum absolute atomic E-state index is 14.0. The summed E-state index contributed by atoms with van der Waals surface area (Å²) in [5.41, 5.74) is -1.24. The van der Waals surface area contributed by atoms with E-state index in [4.69, 9.17) is 9.47 Å². The van der Waals surface area contributed by atoms with Gasteiger partial charge in [0.25, 0.3) is 0 Å². The number of carbonyl (C=O) groups excluding carboxylic acids is 3. The fourth-order valence-corrected chi connectivity index (χ4v) is 9.67. The summed E-state index contributed by atoms with van der Waals surface area (Å²) in [7, 11) is 0. The van der Waals surface area contributed by atoms with Crippen LogP contribution in [0.25, 0.3) is 0 Å². The summed E-state index contributed by atoms with van der Waals surface area (Å²) >= 11 is 0. The number of likely N-dealkylation sites (tertiary alicyclic amines) is 1. The Morgan fingerprint density at radius 3 is 1.82 bits per heavy atom. The Labute approximate surface area is 346 Å². The van der Waals surface area contributed by atoms with E-state index in [-0.39, 0.29) is 30.0 Å². The van der Waals surface area contributed by atoms with Crippen LogP contribution in [0.5, 0.6) is 0 Å². The van der Waals surface area contributed by atoms with Gasteiger partial charge in [0, 0.05) is 19.0 Å². The van der Waals surface area contributed by atoms with Crippen LogP contribution in [-0.2, 0) is 23.9 Å². The zero-order chi connectivity index (χ0) is 41.2. The number of esters is 2. The molecule has 7 heteroatoms. The second-order valence-electron chi connectivity index (χ2n) is 19.3. The third-order valence-corrected chi connectivity index (χ3v) is 13.7. The Hall–Kier alpha value is -1.63. The third kappa shape index (κ3) is 19.4. The number of rotatable bonds is 31. The molecule has 7 nitrogen and oxygen atoms in total. The van der Waals surface area contributed by atoms with E-state index in [0.29, 0.717) is 50.2 Å². The molecule has 1 heterocycles. The SMILES string of the molecule is CCCCCCCCCCCCOC(=O)C(C)(CCCC(CC)N1CCCCCC1=O)CCCC(C)(CCCC(CC)C1CCC(O)CC1)C(=O)OCC(C)C. The predicted octanol–water partition coefficient (Wildman–Crippen LogP) is 12.9. The van der Waals surface area contributed by atoms with Crippen LogP contribution < -0.4 is 0 Å². The number of carbonyl (C=O) groups is 3. The number of aliphatic hydroxyl groups excluding tert-OH is 1. The third-order valence-electron chi connectivity index (χ3n) is 13.7. The molecule has 1 N–H and O–H groups in total. The van der Waals surface area contributed by atoms with Gasteiger partial charge in [0.15, 0.2) is 0 Å². The maximum atomic E-state index is 14.0. The summed E-state index contributed by atoms with van der Waals surface area (Å²) in [5.74, 6) is 1.67. The average Bonchev–Trinajstić information content (AvgIpc) is 3.40. The quantitative estimate of drug-likeness (QED) is 0.0555. The highest BCUT2D eigenvalue weighted by Gasteiger charge is 2.39. The first-order valence-corrected chi connectivity index (χ1v) is 24.2. The largest absolute Gasteiger partial charge is 0.465 e. The molecule has 328 valence electrons. The van der Waals surface area contributed by atoms with Gasteiger partial charge in [-0.1, -0.05) is 131 Å². The van der Waals surface area contributed by atoms with Crippen molar-refractivity contribution >= 4 is 17.8 Å². The molecule has 2 rings (SSSR count). The van der Waals surface area contributed by atoms with Gasteiger partial charge in [-0.15, -0.1) is 0 Å². The molecule has 1 aliphatic carbocycles. The van der Waals surface area contributed by atoms with Crippen LogP contribution in [0.2, 0.25) is 0 Å². The number of amides is 1. The van der Waals surface area contributed by atoms with Crippen molar-refractivity contribution in [2.24, 2.45) is 28.6 Å². The number of nitrogens with zero attached hydrogens (tertiary/aromatic N) is 1. The van der Waals surface area contributed by atoms with Crippen LogP contribution in [0.3, 0.4) is 0 Å². The Morgan fingerprint density at radius 2 is 1.25 bits per heavy atom. The van der Waals surface area contributed by atoms with Crippen LogP contribution in [0.15, 0.2) is 0 Å². The zero-order valence-electron chi connectivity index (χ0n) is 37.9. The van der Waals surface area contributed by atoms with Crippen molar-refractivity contribution in [3.05, 3.63) is 0 Å². The lowest BCUT2D eigenvalue weighted by atomic mass is 9.73. The molecule has 1 aliphatic heterocycles. The van der Waals surface area contributed by atoms with Gasteiger partial charge in [-0.25, -0.2) is 0 Å². The van der Waals surface area contributed by atoms with Crippen LogP contribution in [-0.4, -0.2) is 59.8 Å². The van der Waals surface area contributed by atoms with E-state index in [1.54, 1.807) is 0 Å². The second kappa shape index (κ2) is 28.7. The van der Waals surface area contributed by atoms with Crippen LogP contribution in [0.4, 0.5) is 0 Å². The van der Waals surface area contributed by atoms with Crippen molar-refractivity contribution in [2.45, 2.75) is 247 Å². The van der Waals surface area contributed by atoms with Gasteiger partial charge in [-0.2, -0.15) is 0 Å². The average molecular weight is 790 g/mol. The summed E-state index contributed by atoms with van der Waals surface area (Å²) < 4.78 is 12.0. The monoisotopic (exact) mass is 790 g/mol. The van der Waals surface area contributed by atoms with Gasteiger partial charge >= 0.3 is 11.9 Å². The molecular formula is C49H91NO6. The van der Waals surface area contributed by atoms with E-state index in [9.17, 15) is 19.5 Å². The summed E-state index contributed by atoms with van der Waals surface area (Å²) in [6, 6.07) is 0.220. The van der Waals surface area contributed by atoms with E-state index < -0.39 is 10.8 Å². The van der Waals surface area contributed by atoms with Gasteiger partial charge < -0.3 is 19.5 Å². The van der Waals surface area contributed by atoms with E-state index in [1.165, 1.54) is 51.4 Å². The molecule has 1 saturated heterocycles. The van der Waals surface area contributed by atoms with Crippen molar-refractivity contribution in [3.8, 4) is 0 Å². The second-order valence-corrected chi connectivity index (χ2v) is 19.3. The molecule has 1 amide bonds. The first kappa shape index (κ1) is 50.5. The summed E-state index contributed by atoms with van der Waals surface area (Å²) in [4.78, 5) is 42.9.